The number of amides is 1. The van der Waals surface area contributed by atoms with Crippen LogP contribution in [0.3, 0.4) is 0 Å². The molecule has 2 rings (SSSR count). The van der Waals surface area contributed by atoms with E-state index in [0.29, 0.717) is 17.4 Å². The Morgan fingerprint density at radius 1 is 1.67 bits per heavy atom. The quantitative estimate of drug-likeness (QED) is 0.718. The third-order valence-corrected chi connectivity index (χ3v) is 3.03. The molecule has 1 amide bonds. The summed E-state index contributed by atoms with van der Waals surface area (Å²) < 4.78 is 0. The molecular formula is C10H12N4O3S. The molecule has 0 saturated heterocycles. The van der Waals surface area contributed by atoms with E-state index in [2.05, 4.69) is 20.6 Å². The zero-order chi connectivity index (χ0) is 13.1. The predicted octanol–water partition coefficient (Wildman–Crippen LogP) is 0.0989. The van der Waals surface area contributed by atoms with Gasteiger partial charge in [0, 0.05) is 11.4 Å². The van der Waals surface area contributed by atoms with Crippen molar-refractivity contribution in [2.24, 2.45) is 4.99 Å². The Morgan fingerprint density at radius 2 is 2.44 bits per heavy atom. The monoisotopic (exact) mass is 268 g/mol. The van der Waals surface area contributed by atoms with Gasteiger partial charge in [0.15, 0.2) is 11.0 Å². The van der Waals surface area contributed by atoms with Crippen LogP contribution in [-0.4, -0.2) is 40.4 Å². The fourth-order valence-electron chi connectivity index (χ4n) is 1.45. The van der Waals surface area contributed by atoms with Gasteiger partial charge in [-0.3, -0.25) is 19.9 Å². The highest BCUT2D eigenvalue weighted by Gasteiger charge is 2.20. The molecule has 0 saturated carbocycles. The van der Waals surface area contributed by atoms with E-state index in [-0.39, 0.29) is 24.2 Å². The van der Waals surface area contributed by atoms with E-state index in [0.717, 1.165) is 0 Å². The maximum absolute atomic E-state index is 11.7. The van der Waals surface area contributed by atoms with Gasteiger partial charge in [-0.1, -0.05) is 0 Å². The fourth-order valence-corrected chi connectivity index (χ4v) is 2.15. The Hall–Kier alpha value is -1.96. The summed E-state index contributed by atoms with van der Waals surface area (Å²) in [6, 6.07) is 0.157. The van der Waals surface area contributed by atoms with Crippen LogP contribution in [0.25, 0.3) is 0 Å². The summed E-state index contributed by atoms with van der Waals surface area (Å²) in [7, 11) is 0. The minimum atomic E-state index is -0.950. The van der Waals surface area contributed by atoms with E-state index in [1.807, 2.05) is 6.92 Å². The van der Waals surface area contributed by atoms with Crippen molar-refractivity contribution in [3.05, 3.63) is 11.1 Å². The van der Waals surface area contributed by atoms with Crippen LogP contribution in [0.2, 0.25) is 0 Å². The molecule has 0 spiro atoms. The lowest BCUT2D eigenvalue weighted by Gasteiger charge is -2.04. The Labute approximate surface area is 107 Å². The van der Waals surface area contributed by atoms with Gasteiger partial charge in [0.05, 0.1) is 18.7 Å². The van der Waals surface area contributed by atoms with Crippen molar-refractivity contribution in [3.8, 4) is 0 Å². The lowest BCUT2D eigenvalue weighted by atomic mass is 10.3. The number of carboxylic acids is 1. The second kappa shape index (κ2) is 5.13. The van der Waals surface area contributed by atoms with Crippen molar-refractivity contribution < 1.29 is 14.7 Å². The normalized spacial score (nSPS) is 18.1. The van der Waals surface area contributed by atoms with E-state index < -0.39 is 5.97 Å². The molecule has 1 unspecified atom stereocenters. The van der Waals surface area contributed by atoms with E-state index in [4.69, 9.17) is 5.11 Å². The number of aliphatic carboxylic acids is 1. The van der Waals surface area contributed by atoms with Gasteiger partial charge < -0.3 is 10.4 Å². The molecule has 1 aromatic rings. The zero-order valence-corrected chi connectivity index (χ0v) is 10.5. The molecular weight excluding hydrogens is 256 g/mol. The smallest absolute Gasteiger partial charge is 0.309 e. The fraction of sp³-hybridized carbons (Fsp3) is 0.400. The van der Waals surface area contributed by atoms with Crippen LogP contribution in [0.1, 0.15) is 12.6 Å². The van der Waals surface area contributed by atoms with Gasteiger partial charge in [0.25, 0.3) is 5.91 Å². The molecule has 18 heavy (non-hydrogen) atoms. The van der Waals surface area contributed by atoms with Crippen molar-refractivity contribution in [3.63, 3.8) is 0 Å². The maximum Gasteiger partial charge on any atom is 0.309 e. The summed E-state index contributed by atoms with van der Waals surface area (Å²) in [5.74, 6) is -1.01. The van der Waals surface area contributed by atoms with Crippen molar-refractivity contribution in [1.29, 1.82) is 0 Å². The van der Waals surface area contributed by atoms with Gasteiger partial charge in [-0.25, -0.2) is 4.98 Å². The average Bonchev–Trinajstić information content (AvgIpc) is 2.87. The highest BCUT2D eigenvalue weighted by atomic mass is 32.1. The van der Waals surface area contributed by atoms with Crippen LogP contribution in [0.5, 0.6) is 0 Å². The number of aromatic nitrogens is 1. The minimum absolute atomic E-state index is 0.150. The molecule has 2 heterocycles. The molecule has 0 fully saturated rings. The number of rotatable bonds is 4. The van der Waals surface area contributed by atoms with Crippen molar-refractivity contribution in [2.45, 2.75) is 19.4 Å². The Bertz CT molecular complexity index is 511. The van der Waals surface area contributed by atoms with Gasteiger partial charge in [0.2, 0.25) is 0 Å². The number of hydrogen-bond acceptors (Lipinski definition) is 6. The van der Waals surface area contributed by atoms with E-state index in [1.54, 1.807) is 5.38 Å². The number of anilines is 1. The number of thiazole rings is 1. The summed E-state index contributed by atoms with van der Waals surface area (Å²) in [5.41, 5.74) is 0.428. The van der Waals surface area contributed by atoms with Crippen LogP contribution in [0, 0.1) is 0 Å². The van der Waals surface area contributed by atoms with Crippen molar-refractivity contribution >= 4 is 34.2 Å². The first-order chi connectivity index (χ1) is 8.54. The molecule has 0 aromatic carbocycles. The minimum Gasteiger partial charge on any atom is -0.481 e. The van der Waals surface area contributed by atoms with Crippen LogP contribution in [0.15, 0.2) is 10.4 Å². The second-order valence-corrected chi connectivity index (χ2v) is 4.76. The SMILES string of the molecule is CC1CN=C(C(=O)Nc2nc(CC(=O)O)cs2)N1. The van der Waals surface area contributed by atoms with Gasteiger partial charge in [-0.05, 0) is 6.92 Å². The molecule has 8 heteroatoms. The first kappa shape index (κ1) is 12.5. The molecule has 0 aliphatic carbocycles. The largest absolute Gasteiger partial charge is 0.481 e. The number of carboxylic acid groups (broad SMARTS) is 1. The lowest BCUT2D eigenvalue weighted by Crippen LogP contribution is -2.36. The second-order valence-electron chi connectivity index (χ2n) is 3.90. The summed E-state index contributed by atoms with van der Waals surface area (Å²) in [5, 5.41) is 16.1. The van der Waals surface area contributed by atoms with Crippen LogP contribution >= 0.6 is 11.3 Å². The van der Waals surface area contributed by atoms with Gasteiger partial charge in [-0.15, -0.1) is 11.3 Å². The van der Waals surface area contributed by atoms with E-state index >= 15 is 0 Å². The standard InChI is InChI=1S/C10H12N4O3S/c1-5-3-11-8(12-5)9(17)14-10-13-6(4-18-10)2-7(15)16/h4-5H,2-3H2,1H3,(H,11,12)(H,15,16)(H,13,14,17). The third kappa shape index (κ3) is 3.04. The van der Waals surface area contributed by atoms with Gasteiger partial charge in [-0.2, -0.15) is 0 Å². The summed E-state index contributed by atoms with van der Waals surface area (Å²) in [6.07, 6.45) is -0.150. The number of hydrogen-bond donors (Lipinski definition) is 3. The number of nitrogens with one attached hydrogen (secondary N) is 2. The van der Waals surface area contributed by atoms with Crippen LogP contribution < -0.4 is 10.6 Å². The van der Waals surface area contributed by atoms with Crippen LogP contribution in [-0.2, 0) is 16.0 Å². The topological polar surface area (TPSA) is 104 Å². The zero-order valence-electron chi connectivity index (χ0n) is 9.64. The van der Waals surface area contributed by atoms with Gasteiger partial charge >= 0.3 is 5.97 Å². The Balaban J connectivity index is 1.95. The molecule has 1 aliphatic heterocycles. The molecule has 3 N–H and O–H groups in total. The molecule has 96 valence electrons. The van der Waals surface area contributed by atoms with Gasteiger partial charge in [0.1, 0.15) is 0 Å². The van der Waals surface area contributed by atoms with E-state index in [9.17, 15) is 9.59 Å². The Morgan fingerprint density at radius 3 is 3.06 bits per heavy atom. The number of aliphatic imine (C=N–C) groups is 1. The van der Waals surface area contributed by atoms with Crippen molar-refractivity contribution in [2.75, 3.05) is 11.9 Å². The highest BCUT2D eigenvalue weighted by Crippen LogP contribution is 2.15. The summed E-state index contributed by atoms with van der Waals surface area (Å²) in [6.45, 7) is 2.50. The lowest BCUT2D eigenvalue weighted by molar-refractivity contribution is -0.136. The van der Waals surface area contributed by atoms with Crippen LogP contribution in [0.4, 0.5) is 5.13 Å². The molecule has 0 bridgehead atoms. The summed E-state index contributed by atoms with van der Waals surface area (Å²) in [4.78, 5) is 30.3. The molecule has 1 aromatic heterocycles. The number of amidine groups is 1. The highest BCUT2D eigenvalue weighted by molar-refractivity contribution is 7.14. The van der Waals surface area contributed by atoms with Crippen molar-refractivity contribution in [1.82, 2.24) is 10.3 Å². The molecule has 7 nitrogen and oxygen atoms in total. The predicted molar refractivity (Wildman–Crippen MR) is 67.0 cm³/mol. The Kier molecular flexibility index (Phi) is 3.56. The number of nitrogens with zero attached hydrogens (tertiary/aromatic N) is 2. The van der Waals surface area contributed by atoms with E-state index in [1.165, 1.54) is 11.3 Å². The number of carbonyl (C=O) groups excluding carboxylic acids is 1. The average molecular weight is 268 g/mol. The third-order valence-electron chi connectivity index (χ3n) is 2.23. The number of carbonyl (C=O) groups is 2. The molecule has 1 atom stereocenters. The molecule has 0 radical (unpaired) electrons. The first-order valence-electron chi connectivity index (χ1n) is 5.33. The first-order valence-corrected chi connectivity index (χ1v) is 6.21. The summed E-state index contributed by atoms with van der Waals surface area (Å²) >= 11 is 1.19. The molecule has 1 aliphatic rings. The maximum atomic E-state index is 11.7.